The molecule has 0 amide bonds. The van der Waals surface area contributed by atoms with Gasteiger partial charge in [0, 0.05) is 18.2 Å². The van der Waals surface area contributed by atoms with E-state index in [1.807, 2.05) is 0 Å². The van der Waals surface area contributed by atoms with E-state index in [-0.39, 0.29) is 10.5 Å². The summed E-state index contributed by atoms with van der Waals surface area (Å²) in [6.07, 6.45) is -5.18. The minimum absolute atomic E-state index is 0.0230. The fourth-order valence-electron chi connectivity index (χ4n) is 1.29. The molecule has 0 aromatic heterocycles. The summed E-state index contributed by atoms with van der Waals surface area (Å²) in [5, 5.41) is 0. The van der Waals surface area contributed by atoms with Gasteiger partial charge >= 0.3 is 6.18 Å². The first-order valence-electron chi connectivity index (χ1n) is 5.00. The Bertz CT molecular complexity index is 530. The second-order valence-electron chi connectivity index (χ2n) is 3.83. The van der Waals surface area contributed by atoms with Crippen molar-refractivity contribution in [2.24, 2.45) is 0 Å². The monoisotopic (exact) mass is 280 g/mol. The number of carbonyl (C=O) groups is 1. The third-order valence-electron chi connectivity index (χ3n) is 2.24. The van der Waals surface area contributed by atoms with Gasteiger partial charge < -0.3 is 0 Å². The van der Waals surface area contributed by atoms with Crippen LogP contribution in [0.3, 0.4) is 0 Å². The number of hydrogen-bond donors (Lipinski definition) is 0. The van der Waals surface area contributed by atoms with Crippen molar-refractivity contribution in [3.05, 3.63) is 29.8 Å². The molecule has 3 nitrogen and oxygen atoms in total. The molecule has 18 heavy (non-hydrogen) atoms. The molecule has 0 spiro atoms. The number of ketones is 1. The summed E-state index contributed by atoms with van der Waals surface area (Å²) in [5.74, 6) is -0.660. The Labute approximate surface area is 103 Å². The Kier molecular flexibility index (Phi) is 4.16. The van der Waals surface area contributed by atoms with E-state index in [9.17, 15) is 26.4 Å². The molecule has 0 aliphatic heterocycles. The normalized spacial score (nSPS) is 12.4. The molecule has 0 unspecified atom stereocenters. The highest BCUT2D eigenvalue weighted by Gasteiger charge is 2.28. The topological polar surface area (TPSA) is 51.2 Å². The lowest BCUT2D eigenvalue weighted by atomic mass is 10.1. The molecule has 7 heteroatoms. The molecule has 0 radical (unpaired) electrons. The third kappa shape index (κ3) is 4.48. The Balaban J connectivity index is 2.77. The summed E-state index contributed by atoms with van der Waals surface area (Å²) in [6, 6.07) is 4.84. The zero-order chi connectivity index (χ0) is 14.0. The number of Topliss-reactive ketones (excluding diaryl/α,β-unsaturated/α-hetero) is 1. The van der Waals surface area contributed by atoms with Gasteiger partial charge in [-0.2, -0.15) is 13.2 Å². The average Bonchev–Trinajstić information content (AvgIpc) is 2.24. The number of sulfone groups is 1. The Morgan fingerprint density at radius 1 is 1.17 bits per heavy atom. The molecule has 0 fully saturated rings. The van der Waals surface area contributed by atoms with E-state index in [1.54, 1.807) is 0 Å². The number of rotatable bonds is 4. The first-order chi connectivity index (χ1) is 8.09. The average molecular weight is 280 g/mol. The first-order valence-corrected chi connectivity index (χ1v) is 6.89. The van der Waals surface area contributed by atoms with Gasteiger partial charge in [-0.25, -0.2) is 8.42 Å². The second-order valence-corrected chi connectivity index (χ2v) is 5.85. The van der Waals surface area contributed by atoms with Gasteiger partial charge in [-0.15, -0.1) is 0 Å². The number of carbonyl (C=O) groups excluding carboxylic acids is 1. The Morgan fingerprint density at radius 2 is 1.67 bits per heavy atom. The molecule has 1 rings (SSSR count). The smallest absolute Gasteiger partial charge is 0.294 e. The van der Waals surface area contributed by atoms with Crippen molar-refractivity contribution in [2.45, 2.75) is 23.9 Å². The van der Waals surface area contributed by atoms with Gasteiger partial charge in [0.1, 0.15) is 0 Å². The SMILES string of the molecule is CS(=O)(=O)c1ccc(C(=O)CCC(F)(F)F)cc1. The molecule has 0 aliphatic carbocycles. The molecule has 0 N–H and O–H groups in total. The zero-order valence-corrected chi connectivity index (χ0v) is 10.3. The maximum atomic E-state index is 11.9. The van der Waals surface area contributed by atoms with Crippen LogP contribution in [0.15, 0.2) is 29.2 Å². The van der Waals surface area contributed by atoms with Crippen LogP contribution in [-0.2, 0) is 9.84 Å². The standard InChI is InChI=1S/C11H11F3O3S/c1-18(16,17)9-4-2-8(3-5-9)10(15)6-7-11(12,13)14/h2-5H,6-7H2,1H3. The van der Waals surface area contributed by atoms with Crippen molar-refractivity contribution >= 4 is 15.6 Å². The molecule has 1 aromatic rings. The molecule has 0 atom stereocenters. The second kappa shape index (κ2) is 5.09. The van der Waals surface area contributed by atoms with Gasteiger partial charge in [0.15, 0.2) is 15.6 Å². The van der Waals surface area contributed by atoms with Gasteiger partial charge in [-0.05, 0) is 12.1 Å². The molecule has 0 saturated heterocycles. The van der Waals surface area contributed by atoms with Crippen molar-refractivity contribution in [3.8, 4) is 0 Å². The summed E-state index contributed by atoms with van der Waals surface area (Å²) in [7, 11) is -3.37. The summed E-state index contributed by atoms with van der Waals surface area (Å²) >= 11 is 0. The highest BCUT2D eigenvalue weighted by atomic mass is 32.2. The number of hydrogen-bond acceptors (Lipinski definition) is 3. The van der Waals surface area contributed by atoms with E-state index < -0.39 is 34.6 Å². The number of alkyl halides is 3. The lowest BCUT2D eigenvalue weighted by Gasteiger charge is -2.05. The van der Waals surface area contributed by atoms with E-state index in [2.05, 4.69) is 0 Å². The zero-order valence-electron chi connectivity index (χ0n) is 9.49. The van der Waals surface area contributed by atoms with Gasteiger partial charge in [0.05, 0.1) is 11.3 Å². The summed E-state index contributed by atoms with van der Waals surface area (Å²) in [4.78, 5) is 11.4. The fraction of sp³-hybridized carbons (Fsp3) is 0.364. The molecule has 0 aliphatic rings. The van der Waals surface area contributed by atoms with Crippen molar-refractivity contribution in [3.63, 3.8) is 0 Å². The summed E-state index contributed by atoms with van der Waals surface area (Å²) in [5.41, 5.74) is 0.0756. The van der Waals surface area contributed by atoms with Gasteiger partial charge in [-0.3, -0.25) is 4.79 Å². The van der Waals surface area contributed by atoms with Crippen molar-refractivity contribution < 1.29 is 26.4 Å². The fourth-order valence-corrected chi connectivity index (χ4v) is 1.92. The van der Waals surface area contributed by atoms with E-state index in [0.29, 0.717) is 0 Å². The Morgan fingerprint density at radius 3 is 2.06 bits per heavy atom. The number of benzene rings is 1. The van der Waals surface area contributed by atoms with Crippen LogP contribution >= 0.6 is 0 Å². The van der Waals surface area contributed by atoms with Crippen LogP contribution in [0.5, 0.6) is 0 Å². The van der Waals surface area contributed by atoms with Crippen molar-refractivity contribution in [2.75, 3.05) is 6.26 Å². The summed E-state index contributed by atoms with van der Waals surface area (Å²) in [6.45, 7) is 0. The van der Waals surface area contributed by atoms with Crippen LogP contribution in [0.25, 0.3) is 0 Å². The molecule has 0 saturated carbocycles. The van der Waals surface area contributed by atoms with E-state index in [1.165, 1.54) is 24.3 Å². The quantitative estimate of drug-likeness (QED) is 0.797. The van der Waals surface area contributed by atoms with E-state index >= 15 is 0 Å². The lowest BCUT2D eigenvalue weighted by Crippen LogP contribution is -2.11. The predicted octanol–water partition coefficient (Wildman–Crippen LogP) is 2.62. The van der Waals surface area contributed by atoms with Crippen LogP contribution in [0, 0.1) is 0 Å². The van der Waals surface area contributed by atoms with Crippen LogP contribution in [0.1, 0.15) is 23.2 Å². The minimum atomic E-state index is -4.37. The maximum absolute atomic E-state index is 11.9. The minimum Gasteiger partial charge on any atom is -0.294 e. The molecular formula is C11H11F3O3S. The largest absolute Gasteiger partial charge is 0.389 e. The van der Waals surface area contributed by atoms with Crippen LogP contribution in [-0.4, -0.2) is 26.6 Å². The van der Waals surface area contributed by atoms with E-state index in [4.69, 9.17) is 0 Å². The molecule has 100 valence electrons. The predicted molar refractivity (Wildman–Crippen MR) is 59.2 cm³/mol. The van der Waals surface area contributed by atoms with E-state index in [0.717, 1.165) is 6.26 Å². The highest BCUT2D eigenvalue weighted by Crippen LogP contribution is 2.22. The van der Waals surface area contributed by atoms with Gasteiger partial charge in [0.2, 0.25) is 0 Å². The van der Waals surface area contributed by atoms with Crippen molar-refractivity contribution in [1.29, 1.82) is 0 Å². The van der Waals surface area contributed by atoms with Gasteiger partial charge in [-0.1, -0.05) is 12.1 Å². The third-order valence-corrected chi connectivity index (χ3v) is 3.37. The highest BCUT2D eigenvalue weighted by molar-refractivity contribution is 7.90. The Hall–Kier alpha value is -1.37. The van der Waals surface area contributed by atoms with Crippen molar-refractivity contribution in [1.82, 2.24) is 0 Å². The molecule has 0 heterocycles. The number of halogens is 3. The first kappa shape index (κ1) is 14.7. The maximum Gasteiger partial charge on any atom is 0.389 e. The molecule has 1 aromatic carbocycles. The molecular weight excluding hydrogens is 269 g/mol. The van der Waals surface area contributed by atoms with Crippen LogP contribution in [0.2, 0.25) is 0 Å². The van der Waals surface area contributed by atoms with Crippen LogP contribution in [0.4, 0.5) is 13.2 Å². The lowest BCUT2D eigenvalue weighted by molar-refractivity contribution is -0.133. The molecule has 0 bridgehead atoms. The summed E-state index contributed by atoms with van der Waals surface area (Å²) < 4.78 is 58.0. The van der Waals surface area contributed by atoms with Crippen LogP contribution < -0.4 is 0 Å². The van der Waals surface area contributed by atoms with Gasteiger partial charge in [0.25, 0.3) is 0 Å².